The number of aromatic carboxylic acids is 1. The van der Waals surface area contributed by atoms with Gasteiger partial charge in [-0.1, -0.05) is 12.1 Å². The number of rotatable bonds is 6. The highest BCUT2D eigenvalue weighted by atomic mass is 32.2. The molecule has 2 aromatic rings. The Kier molecular flexibility index (Phi) is 5.11. The van der Waals surface area contributed by atoms with Crippen LogP contribution in [-0.2, 0) is 5.75 Å². The van der Waals surface area contributed by atoms with Gasteiger partial charge in [-0.25, -0.2) is 9.18 Å². The average Bonchev–Trinajstić information content (AvgIpc) is 2.48. The van der Waals surface area contributed by atoms with Crippen LogP contribution in [-0.4, -0.2) is 22.6 Å². The third-order valence-electron chi connectivity index (χ3n) is 2.84. The second kappa shape index (κ2) is 7.04. The number of ketones is 1. The van der Waals surface area contributed by atoms with Crippen molar-refractivity contribution in [2.24, 2.45) is 0 Å². The summed E-state index contributed by atoms with van der Waals surface area (Å²) in [5.74, 6) is -0.597. The first kappa shape index (κ1) is 15.3. The number of carboxylic acids is 1. The maximum absolute atomic E-state index is 12.8. The van der Waals surface area contributed by atoms with Crippen molar-refractivity contribution in [1.29, 1.82) is 0 Å². The SMILES string of the molecule is O=C(O)c1cccc(CSCC(=O)c2ccc(F)cc2)c1. The highest BCUT2D eigenvalue weighted by Crippen LogP contribution is 2.16. The zero-order chi connectivity index (χ0) is 15.2. The first-order chi connectivity index (χ1) is 10.1. The highest BCUT2D eigenvalue weighted by Gasteiger charge is 2.07. The topological polar surface area (TPSA) is 54.4 Å². The van der Waals surface area contributed by atoms with Gasteiger partial charge < -0.3 is 5.11 Å². The predicted molar refractivity (Wildman–Crippen MR) is 80.3 cm³/mol. The van der Waals surface area contributed by atoms with Gasteiger partial charge in [0.2, 0.25) is 0 Å². The molecule has 0 amide bonds. The van der Waals surface area contributed by atoms with Gasteiger partial charge in [0.15, 0.2) is 5.78 Å². The average molecular weight is 304 g/mol. The van der Waals surface area contributed by atoms with Crippen LogP contribution in [0.25, 0.3) is 0 Å². The summed E-state index contributed by atoms with van der Waals surface area (Å²) in [5, 5.41) is 8.90. The molecule has 1 N–H and O–H groups in total. The monoisotopic (exact) mass is 304 g/mol. The number of benzene rings is 2. The van der Waals surface area contributed by atoms with E-state index in [1.54, 1.807) is 12.1 Å². The lowest BCUT2D eigenvalue weighted by molar-refractivity contribution is 0.0696. The summed E-state index contributed by atoms with van der Waals surface area (Å²) >= 11 is 1.40. The van der Waals surface area contributed by atoms with Gasteiger partial charge in [-0.15, -0.1) is 11.8 Å². The first-order valence-electron chi connectivity index (χ1n) is 6.25. The van der Waals surface area contributed by atoms with Crippen LogP contribution in [0.4, 0.5) is 4.39 Å². The summed E-state index contributed by atoms with van der Waals surface area (Å²) in [6.45, 7) is 0. The van der Waals surface area contributed by atoms with Crippen molar-refractivity contribution in [3.05, 3.63) is 71.0 Å². The number of hydrogen-bond acceptors (Lipinski definition) is 3. The Morgan fingerprint density at radius 2 is 1.76 bits per heavy atom. The molecule has 3 nitrogen and oxygen atoms in total. The van der Waals surface area contributed by atoms with Crippen LogP contribution in [0, 0.1) is 5.82 Å². The van der Waals surface area contributed by atoms with E-state index in [1.165, 1.54) is 42.1 Å². The zero-order valence-electron chi connectivity index (χ0n) is 11.1. The van der Waals surface area contributed by atoms with Crippen molar-refractivity contribution in [2.45, 2.75) is 5.75 Å². The largest absolute Gasteiger partial charge is 0.478 e. The molecule has 0 spiro atoms. The molecular weight excluding hydrogens is 291 g/mol. The van der Waals surface area contributed by atoms with Gasteiger partial charge in [0.1, 0.15) is 5.82 Å². The molecule has 0 radical (unpaired) electrons. The quantitative estimate of drug-likeness (QED) is 0.828. The number of carbonyl (C=O) groups is 2. The van der Waals surface area contributed by atoms with Gasteiger partial charge in [-0.3, -0.25) is 4.79 Å². The lowest BCUT2D eigenvalue weighted by Crippen LogP contribution is -2.03. The van der Waals surface area contributed by atoms with Crippen LogP contribution >= 0.6 is 11.8 Å². The number of hydrogen-bond donors (Lipinski definition) is 1. The summed E-state index contributed by atoms with van der Waals surface area (Å²) < 4.78 is 12.8. The van der Waals surface area contributed by atoms with Crippen molar-refractivity contribution < 1.29 is 19.1 Å². The Hall–Kier alpha value is -2.14. The van der Waals surface area contributed by atoms with Crippen LogP contribution in [0.15, 0.2) is 48.5 Å². The second-order valence-corrected chi connectivity index (χ2v) is 5.41. The van der Waals surface area contributed by atoms with Crippen molar-refractivity contribution in [3.63, 3.8) is 0 Å². The summed E-state index contributed by atoms with van der Waals surface area (Å²) in [5.41, 5.74) is 1.56. The number of Topliss-reactive ketones (excluding diaryl/α,β-unsaturated/α-hetero) is 1. The van der Waals surface area contributed by atoms with Crippen LogP contribution in [0.3, 0.4) is 0 Å². The molecule has 0 fully saturated rings. The fourth-order valence-electron chi connectivity index (χ4n) is 1.77. The third-order valence-corrected chi connectivity index (χ3v) is 3.85. The highest BCUT2D eigenvalue weighted by molar-refractivity contribution is 7.99. The van der Waals surface area contributed by atoms with Gasteiger partial charge in [-0.2, -0.15) is 0 Å². The minimum absolute atomic E-state index is 0.0746. The fourth-order valence-corrected chi connectivity index (χ4v) is 2.64. The molecule has 0 unspecified atom stereocenters. The number of carbonyl (C=O) groups excluding carboxylic acids is 1. The van der Waals surface area contributed by atoms with Gasteiger partial charge >= 0.3 is 5.97 Å². The number of halogens is 1. The normalized spacial score (nSPS) is 10.3. The van der Waals surface area contributed by atoms with Gasteiger partial charge in [0.25, 0.3) is 0 Å². The van der Waals surface area contributed by atoms with E-state index in [4.69, 9.17) is 5.11 Å². The van der Waals surface area contributed by atoms with E-state index in [1.807, 2.05) is 6.07 Å². The summed E-state index contributed by atoms with van der Waals surface area (Å²) in [6, 6.07) is 12.1. The summed E-state index contributed by atoms with van der Waals surface area (Å²) in [6.07, 6.45) is 0. The molecule has 0 aliphatic rings. The predicted octanol–water partition coefficient (Wildman–Crippen LogP) is 3.64. The van der Waals surface area contributed by atoms with Crippen molar-refractivity contribution >= 4 is 23.5 Å². The minimum atomic E-state index is -0.968. The van der Waals surface area contributed by atoms with E-state index in [-0.39, 0.29) is 22.9 Å². The minimum Gasteiger partial charge on any atom is -0.478 e. The van der Waals surface area contributed by atoms with Crippen LogP contribution < -0.4 is 0 Å². The van der Waals surface area contributed by atoms with E-state index in [9.17, 15) is 14.0 Å². The van der Waals surface area contributed by atoms with Crippen molar-refractivity contribution in [1.82, 2.24) is 0 Å². The van der Waals surface area contributed by atoms with Crippen LogP contribution in [0.5, 0.6) is 0 Å². The molecule has 0 aliphatic heterocycles. The van der Waals surface area contributed by atoms with E-state index in [0.717, 1.165) is 5.56 Å². The Bertz CT molecular complexity index is 653. The molecule has 21 heavy (non-hydrogen) atoms. The Morgan fingerprint density at radius 3 is 2.43 bits per heavy atom. The first-order valence-corrected chi connectivity index (χ1v) is 7.40. The van der Waals surface area contributed by atoms with Crippen LogP contribution in [0.1, 0.15) is 26.3 Å². The van der Waals surface area contributed by atoms with E-state index in [2.05, 4.69) is 0 Å². The zero-order valence-corrected chi connectivity index (χ0v) is 11.9. The van der Waals surface area contributed by atoms with Crippen molar-refractivity contribution in [2.75, 3.05) is 5.75 Å². The van der Waals surface area contributed by atoms with Gasteiger partial charge in [0.05, 0.1) is 11.3 Å². The molecule has 0 saturated carbocycles. The molecule has 0 atom stereocenters. The van der Waals surface area contributed by atoms with Gasteiger partial charge in [-0.05, 0) is 42.0 Å². The molecule has 2 aromatic carbocycles. The standard InChI is InChI=1S/C16H13FO3S/c17-14-6-4-12(5-7-14)15(18)10-21-9-11-2-1-3-13(8-11)16(19)20/h1-8H,9-10H2,(H,19,20). The molecule has 0 heterocycles. The molecule has 5 heteroatoms. The lowest BCUT2D eigenvalue weighted by atomic mass is 10.1. The van der Waals surface area contributed by atoms with E-state index < -0.39 is 5.97 Å². The molecule has 0 aliphatic carbocycles. The summed E-state index contributed by atoms with van der Waals surface area (Å²) in [4.78, 5) is 22.7. The third kappa shape index (κ3) is 4.43. The molecule has 2 rings (SSSR count). The second-order valence-electron chi connectivity index (χ2n) is 4.43. The number of thioether (sulfide) groups is 1. The van der Waals surface area contributed by atoms with Crippen LogP contribution in [0.2, 0.25) is 0 Å². The smallest absolute Gasteiger partial charge is 0.335 e. The molecular formula is C16H13FO3S. The molecule has 0 bridgehead atoms. The van der Waals surface area contributed by atoms with E-state index >= 15 is 0 Å². The van der Waals surface area contributed by atoms with Gasteiger partial charge in [0, 0.05) is 11.3 Å². The maximum atomic E-state index is 12.8. The van der Waals surface area contributed by atoms with E-state index in [0.29, 0.717) is 11.3 Å². The molecule has 108 valence electrons. The summed E-state index contributed by atoms with van der Waals surface area (Å²) in [7, 11) is 0. The molecule has 0 aromatic heterocycles. The Morgan fingerprint density at radius 1 is 1.05 bits per heavy atom. The lowest BCUT2D eigenvalue weighted by Gasteiger charge is -2.03. The Labute approximate surface area is 125 Å². The fraction of sp³-hybridized carbons (Fsp3) is 0.125. The molecule has 0 saturated heterocycles. The maximum Gasteiger partial charge on any atom is 0.335 e. The van der Waals surface area contributed by atoms with Crippen molar-refractivity contribution in [3.8, 4) is 0 Å². The Balaban J connectivity index is 1.89. The number of carboxylic acid groups (broad SMARTS) is 1.